The number of hydrogen-bond acceptors (Lipinski definition) is 5. The van der Waals surface area contributed by atoms with Crippen LogP contribution in [0.15, 0.2) is 28.7 Å². The van der Waals surface area contributed by atoms with E-state index in [1.807, 2.05) is 0 Å². The first-order valence-corrected chi connectivity index (χ1v) is 7.15. The number of halogens is 1. The molecule has 1 N–H and O–H groups in total. The van der Waals surface area contributed by atoms with Crippen molar-refractivity contribution in [2.45, 2.75) is 25.0 Å². The highest BCUT2D eigenvalue weighted by atomic mass is 19.1. The molecular weight excluding hydrogens is 273 g/mol. The largest absolute Gasteiger partial charge is 0.419 e. The highest BCUT2D eigenvalue weighted by molar-refractivity contribution is 5.51. The van der Waals surface area contributed by atoms with Gasteiger partial charge in [0.05, 0.1) is 12.1 Å². The molecule has 0 spiro atoms. The average Bonchev–Trinajstić information content (AvgIpc) is 3.19. The van der Waals surface area contributed by atoms with Gasteiger partial charge in [-0.2, -0.15) is 0 Å². The average molecular weight is 289 g/mol. The summed E-state index contributed by atoms with van der Waals surface area (Å²) in [4.78, 5) is 2.10. The second kappa shape index (κ2) is 4.61. The number of β-amino-alcohol motifs (C(OH)–C–C–N with tert-alkyl or cyclic N) is 1. The fourth-order valence-corrected chi connectivity index (χ4v) is 2.94. The van der Waals surface area contributed by atoms with Gasteiger partial charge in [0, 0.05) is 18.7 Å². The quantitative estimate of drug-likeness (QED) is 0.930. The minimum atomic E-state index is -0.500. The minimum absolute atomic E-state index is 0.293. The summed E-state index contributed by atoms with van der Waals surface area (Å²) in [5, 5.41) is 18.3. The molecule has 1 aliphatic carbocycles. The van der Waals surface area contributed by atoms with Crippen molar-refractivity contribution in [3.05, 3.63) is 36.0 Å². The van der Waals surface area contributed by atoms with E-state index in [1.165, 1.54) is 12.1 Å². The summed E-state index contributed by atoms with van der Waals surface area (Å²) >= 11 is 0. The molecule has 2 aliphatic rings. The Hall–Kier alpha value is -1.79. The van der Waals surface area contributed by atoms with Crippen molar-refractivity contribution in [3.8, 4) is 11.5 Å². The Morgan fingerprint density at radius 3 is 2.62 bits per heavy atom. The highest BCUT2D eigenvalue weighted by Gasteiger charge is 2.51. The van der Waals surface area contributed by atoms with Gasteiger partial charge >= 0.3 is 0 Å². The number of benzene rings is 1. The maximum Gasteiger partial charge on any atom is 0.247 e. The predicted octanol–water partition coefficient (Wildman–Crippen LogP) is 1.83. The van der Waals surface area contributed by atoms with Crippen LogP contribution in [0, 0.1) is 11.7 Å². The molecule has 110 valence electrons. The number of likely N-dealkylation sites (tertiary alicyclic amines) is 1. The molecule has 1 aliphatic heterocycles. The van der Waals surface area contributed by atoms with Crippen LogP contribution in [0.25, 0.3) is 11.5 Å². The van der Waals surface area contributed by atoms with Gasteiger partial charge in [-0.05, 0) is 43.0 Å². The first-order chi connectivity index (χ1) is 10.1. The third-order valence-electron chi connectivity index (χ3n) is 4.25. The van der Waals surface area contributed by atoms with Gasteiger partial charge < -0.3 is 9.52 Å². The van der Waals surface area contributed by atoms with E-state index in [1.54, 1.807) is 12.1 Å². The van der Waals surface area contributed by atoms with Crippen molar-refractivity contribution >= 4 is 0 Å². The van der Waals surface area contributed by atoms with E-state index in [0.29, 0.717) is 42.9 Å². The fourth-order valence-electron chi connectivity index (χ4n) is 2.94. The van der Waals surface area contributed by atoms with E-state index in [9.17, 15) is 9.50 Å². The highest BCUT2D eigenvalue weighted by Crippen LogP contribution is 2.44. The topological polar surface area (TPSA) is 62.4 Å². The van der Waals surface area contributed by atoms with Gasteiger partial charge in [-0.25, -0.2) is 4.39 Å². The molecular formula is C15H16FN3O2. The normalized spacial score (nSPS) is 21.2. The smallest absolute Gasteiger partial charge is 0.247 e. The molecule has 0 bridgehead atoms. The van der Waals surface area contributed by atoms with Gasteiger partial charge in [0.15, 0.2) is 0 Å². The van der Waals surface area contributed by atoms with Crippen LogP contribution in [0.2, 0.25) is 0 Å². The molecule has 0 atom stereocenters. The van der Waals surface area contributed by atoms with Crippen LogP contribution in [0.3, 0.4) is 0 Å². The van der Waals surface area contributed by atoms with Gasteiger partial charge in [0.1, 0.15) is 5.82 Å². The molecule has 1 aromatic carbocycles. The zero-order chi connectivity index (χ0) is 14.4. The van der Waals surface area contributed by atoms with Crippen LogP contribution in [0.1, 0.15) is 18.7 Å². The molecule has 6 heteroatoms. The van der Waals surface area contributed by atoms with Gasteiger partial charge in [-0.1, -0.05) is 0 Å². The van der Waals surface area contributed by atoms with Crippen LogP contribution in [0.5, 0.6) is 0 Å². The molecule has 21 heavy (non-hydrogen) atoms. The zero-order valence-corrected chi connectivity index (χ0v) is 11.5. The van der Waals surface area contributed by atoms with E-state index in [0.717, 1.165) is 12.8 Å². The minimum Gasteiger partial charge on any atom is -0.419 e. The molecule has 5 nitrogen and oxygen atoms in total. The second-order valence-corrected chi connectivity index (χ2v) is 6.03. The van der Waals surface area contributed by atoms with Crippen molar-refractivity contribution < 1.29 is 13.9 Å². The Morgan fingerprint density at radius 2 is 1.95 bits per heavy atom. The number of hydrogen-bond donors (Lipinski definition) is 1. The summed E-state index contributed by atoms with van der Waals surface area (Å²) in [6.07, 6.45) is 2.28. The zero-order valence-electron chi connectivity index (χ0n) is 11.5. The van der Waals surface area contributed by atoms with E-state index in [-0.39, 0.29) is 5.82 Å². The summed E-state index contributed by atoms with van der Waals surface area (Å²) in [6, 6.07) is 5.96. The van der Waals surface area contributed by atoms with Crippen LogP contribution in [-0.4, -0.2) is 38.9 Å². The lowest BCUT2D eigenvalue weighted by Gasteiger charge is -2.46. The molecule has 1 saturated heterocycles. The lowest BCUT2D eigenvalue weighted by molar-refractivity contribution is -0.118. The Kier molecular flexibility index (Phi) is 2.83. The molecule has 0 amide bonds. The van der Waals surface area contributed by atoms with E-state index in [4.69, 9.17) is 4.42 Å². The summed E-state index contributed by atoms with van der Waals surface area (Å²) in [7, 11) is 0. The fraction of sp³-hybridized carbons (Fsp3) is 0.467. The Balaban J connectivity index is 1.40. The predicted molar refractivity (Wildman–Crippen MR) is 72.6 cm³/mol. The molecule has 0 radical (unpaired) electrons. The van der Waals surface area contributed by atoms with E-state index >= 15 is 0 Å². The molecule has 2 aromatic rings. The lowest BCUT2D eigenvalue weighted by atomic mass is 9.89. The molecule has 2 heterocycles. The van der Waals surface area contributed by atoms with Crippen molar-refractivity contribution in [1.82, 2.24) is 15.1 Å². The molecule has 4 rings (SSSR count). The number of nitrogens with zero attached hydrogens (tertiary/aromatic N) is 3. The van der Waals surface area contributed by atoms with E-state index < -0.39 is 5.60 Å². The van der Waals surface area contributed by atoms with Gasteiger partial charge in [-0.3, -0.25) is 4.90 Å². The lowest BCUT2D eigenvalue weighted by Crippen LogP contribution is -2.62. The molecule has 0 unspecified atom stereocenters. The maximum atomic E-state index is 12.9. The Labute approximate surface area is 121 Å². The SMILES string of the molecule is OC1(C2CC2)CN(Cc2nnc(-c3ccc(F)cc3)o2)C1. The van der Waals surface area contributed by atoms with Crippen LogP contribution < -0.4 is 0 Å². The summed E-state index contributed by atoms with van der Waals surface area (Å²) in [6.45, 7) is 1.89. The monoisotopic (exact) mass is 289 g/mol. The van der Waals surface area contributed by atoms with Gasteiger partial charge in [0.25, 0.3) is 0 Å². The van der Waals surface area contributed by atoms with Crippen LogP contribution in [0.4, 0.5) is 4.39 Å². The van der Waals surface area contributed by atoms with Crippen LogP contribution in [-0.2, 0) is 6.54 Å². The standard InChI is InChI=1S/C15H16FN3O2/c16-12-5-1-10(2-6-12)14-18-17-13(21-14)7-19-8-15(20,9-19)11-3-4-11/h1-2,5-6,11,20H,3-4,7-9H2. The third kappa shape index (κ3) is 2.45. The summed E-state index contributed by atoms with van der Waals surface area (Å²) in [5.74, 6) is 1.10. The summed E-state index contributed by atoms with van der Waals surface area (Å²) < 4.78 is 18.5. The number of aliphatic hydroxyl groups is 1. The van der Waals surface area contributed by atoms with Crippen molar-refractivity contribution in [2.75, 3.05) is 13.1 Å². The van der Waals surface area contributed by atoms with Gasteiger partial charge in [-0.15, -0.1) is 10.2 Å². The molecule has 2 fully saturated rings. The first-order valence-electron chi connectivity index (χ1n) is 7.15. The van der Waals surface area contributed by atoms with Gasteiger partial charge in [0.2, 0.25) is 11.8 Å². The maximum absolute atomic E-state index is 12.9. The molecule has 1 aromatic heterocycles. The second-order valence-electron chi connectivity index (χ2n) is 6.03. The van der Waals surface area contributed by atoms with Crippen LogP contribution >= 0.6 is 0 Å². The Bertz CT molecular complexity index is 645. The van der Waals surface area contributed by atoms with E-state index in [2.05, 4.69) is 15.1 Å². The van der Waals surface area contributed by atoms with Crippen molar-refractivity contribution in [1.29, 1.82) is 0 Å². The number of rotatable bonds is 4. The van der Waals surface area contributed by atoms with Crippen molar-refractivity contribution in [2.24, 2.45) is 5.92 Å². The summed E-state index contributed by atoms with van der Waals surface area (Å²) in [5.41, 5.74) is 0.202. The molecule has 1 saturated carbocycles. The Morgan fingerprint density at radius 1 is 1.24 bits per heavy atom. The van der Waals surface area contributed by atoms with Crippen molar-refractivity contribution in [3.63, 3.8) is 0 Å². The first kappa shape index (κ1) is 12.9. The number of aromatic nitrogens is 2. The third-order valence-corrected chi connectivity index (χ3v) is 4.25.